The van der Waals surface area contributed by atoms with Gasteiger partial charge < -0.3 is 14.8 Å². The summed E-state index contributed by atoms with van der Waals surface area (Å²) in [5, 5.41) is 3.30. The third-order valence-corrected chi connectivity index (χ3v) is 5.87. The minimum Gasteiger partial charge on any atom is -0.378 e. The molecule has 3 rings (SSSR count). The van der Waals surface area contributed by atoms with Crippen LogP contribution in [0, 0.1) is 19.8 Å². The van der Waals surface area contributed by atoms with E-state index >= 15 is 0 Å². The maximum atomic E-state index is 12.8. The molecular formula is C24H35N3O. The van der Waals surface area contributed by atoms with E-state index in [-0.39, 0.29) is 11.3 Å². The van der Waals surface area contributed by atoms with E-state index in [1.54, 1.807) is 0 Å². The van der Waals surface area contributed by atoms with E-state index in [0.717, 1.165) is 41.6 Å². The second kappa shape index (κ2) is 8.02. The number of carbonyl (C=O) groups is 1. The summed E-state index contributed by atoms with van der Waals surface area (Å²) in [4.78, 5) is 15.2. The number of piperidine rings is 1. The Labute approximate surface area is 169 Å². The minimum atomic E-state index is -0.0256. The van der Waals surface area contributed by atoms with Crippen molar-refractivity contribution in [2.45, 2.75) is 59.9 Å². The van der Waals surface area contributed by atoms with Crippen LogP contribution < -0.4 is 10.2 Å². The Kier molecular flexibility index (Phi) is 5.87. The van der Waals surface area contributed by atoms with Gasteiger partial charge in [0.25, 0.3) is 0 Å². The second-order valence-electron chi connectivity index (χ2n) is 9.28. The maximum absolute atomic E-state index is 12.8. The van der Waals surface area contributed by atoms with E-state index < -0.39 is 0 Å². The molecule has 1 aliphatic rings. The molecule has 1 aliphatic heterocycles. The Morgan fingerprint density at radius 1 is 1.11 bits per heavy atom. The van der Waals surface area contributed by atoms with Crippen LogP contribution in [0.5, 0.6) is 0 Å². The molecule has 1 saturated heterocycles. The number of nitrogens with one attached hydrogen (secondary N) is 1. The van der Waals surface area contributed by atoms with Crippen LogP contribution in [-0.4, -0.2) is 30.0 Å². The molecule has 28 heavy (non-hydrogen) atoms. The number of hydrogen-bond acceptors (Lipinski definition) is 3. The number of aromatic nitrogens is 1. The lowest BCUT2D eigenvalue weighted by molar-refractivity contribution is 0.100. The molecule has 0 bridgehead atoms. The first-order valence-corrected chi connectivity index (χ1v) is 10.5. The van der Waals surface area contributed by atoms with Crippen LogP contribution in [0.15, 0.2) is 30.3 Å². The van der Waals surface area contributed by atoms with Crippen molar-refractivity contribution in [3.05, 3.63) is 47.3 Å². The van der Waals surface area contributed by atoms with Gasteiger partial charge >= 0.3 is 0 Å². The van der Waals surface area contributed by atoms with E-state index in [1.807, 2.05) is 13.0 Å². The number of carbonyl (C=O) groups excluding carboxylic acids is 1. The fourth-order valence-corrected chi connectivity index (χ4v) is 4.41. The predicted molar refractivity (Wildman–Crippen MR) is 119 cm³/mol. The molecule has 1 N–H and O–H groups in total. The molecule has 0 atom stereocenters. The molecule has 1 fully saturated rings. The summed E-state index contributed by atoms with van der Waals surface area (Å²) in [7, 11) is 0. The first-order chi connectivity index (χ1) is 13.2. The molecule has 0 radical (unpaired) electrons. The number of benzene rings is 1. The van der Waals surface area contributed by atoms with E-state index in [9.17, 15) is 4.79 Å². The Hall–Kier alpha value is -2.23. The van der Waals surface area contributed by atoms with Crippen molar-refractivity contribution in [1.29, 1.82) is 0 Å². The van der Waals surface area contributed by atoms with Crippen molar-refractivity contribution in [3.63, 3.8) is 0 Å². The average Bonchev–Trinajstić information content (AvgIpc) is 2.95. The Morgan fingerprint density at radius 3 is 2.25 bits per heavy atom. The highest BCUT2D eigenvalue weighted by molar-refractivity contribution is 6.00. The largest absolute Gasteiger partial charge is 0.378 e. The van der Waals surface area contributed by atoms with Crippen LogP contribution >= 0.6 is 0 Å². The summed E-state index contributed by atoms with van der Waals surface area (Å²) < 4.78 is 2.24. The zero-order chi connectivity index (χ0) is 20.5. The number of Topliss-reactive ketones (excluding diaryl/α,β-unsaturated/α-hetero) is 1. The summed E-state index contributed by atoms with van der Waals surface area (Å²) in [6.45, 7) is 15.5. The zero-order valence-corrected chi connectivity index (χ0v) is 18.3. The molecular weight excluding hydrogens is 346 g/mol. The van der Waals surface area contributed by atoms with Crippen molar-refractivity contribution >= 4 is 17.2 Å². The van der Waals surface area contributed by atoms with Gasteiger partial charge in [-0.3, -0.25) is 4.79 Å². The van der Waals surface area contributed by atoms with Gasteiger partial charge in [0.15, 0.2) is 5.78 Å². The third-order valence-electron chi connectivity index (χ3n) is 5.87. The molecule has 4 heteroatoms. The Balaban J connectivity index is 1.62. The Morgan fingerprint density at radius 2 is 1.71 bits per heavy atom. The lowest BCUT2D eigenvalue weighted by atomic mass is 9.99. The van der Waals surface area contributed by atoms with Crippen LogP contribution in [0.2, 0.25) is 0 Å². The summed E-state index contributed by atoms with van der Waals surface area (Å²) in [6, 6.07) is 10.5. The normalized spacial score (nSPS) is 15.7. The highest BCUT2D eigenvalue weighted by Gasteiger charge is 2.22. The highest BCUT2D eigenvalue weighted by Crippen LogP contribution is 2.26. The maximum Gasteiger partial charge on any atom is 0.183 e. The number of nitrogens with zero attached hydrogens (tertiary/aromatic N) is 2. The van der Waals surface area contributed by atoms with Crippen LogP contribution in [-0.2, 0) is 5.54 Å². The monoisotopic (exact) mass is 381 g/mol. The molecule has 2 heterocycles. The molecule has 1 aromatic carbocycles. The molecule has 1 aromatic heterocycles. The van der Waals surface area contributed by atoms with E-state index in [4.69, 9.17) is 0 Å². The lowest BCUT2D eigenvalue weighted by Crippen LogP contribution is -2.32. The van der Waals surface area contributed by atoms with Gasteiger partial charge in [0.2, 0.25) is 0 Å². The lowest BCUT2D eigenvalue weighted by Gasteiger charge is -2.32. The molecule has 152 valence electrons. The van der Waals surface area contributed by atoms with Crippen LogP contribution in [0.3, 0.4) is 0 Å². The van der Waals surface area contributed by atoms with Crippen LogP contribution in [0.4, 0.5) is 11.4 Å². The summed E-state index contributed by atoms with van der Waals surface area (Å²) >= 11 is 0. The molecule has 0 amide bonds. The number of anilines is 2. The second-order valence-corrected chi connectivity index (χ2v) is 9.28. The first-order valence-electron chi connectivity index (χ1n) is 10.5. The van der Waals surface area contributed by atoms with E-state index in [2.05, 4.69) is 73.7 Å². The van der Waals surface area contributed by atoms with E-state index in [0.29, 0.717) is 6.54 Å². The van der Waals surface area contributed by atoms with Crippen LogP contribution in [0.25, 0.3) is 0 Å². The molecule has 4 nitrogen and oxygen atoms in total. The standard InChI is InChI=1S/C24H35N3O/c1-17-11-13-26(14-12-17)21-9-7-20(8-10-21)25-16-23(28)22-15-18(2)27(19(22)3)24(4,5)6/h7-10,15,17,25H,11-14,16H2,1-6H3. The molecule has 0 saturated carbocycles. The molecule has 0 unspecified atom stereocenters. The van der Waals surface area contributed by atoms with Gasteiger partial charge in [-0.1, -0.05) is 6.92 Å². The van der Waals surface area contributed by atoms with Crippen molar-refractivity contribution in [1.82, 2.24) is 4.57 Å². The fraction of sp³-hybridized carbons (Fsp3) is 0.542. The predicted octanol–water partition coefficient (Wildman–Crippen LogP) is 5.39. The van der Waals surface area contributed by atoms with Crippen molar-refractivity contribution in [2.75, 3.05) is 29.9 Å². The summed E-state index contributed by atoms with van der Waals surface area (Å²) in [6.07, 6.45) is 2.53. The van der Waals surface area contributed by atoms with Crippen molar-refractivity contribution in [3.8, 4) is 0 Å². The van der Waals surface area contributed by atoms with Gasteiger partial charge in [-0.15, -0.1) is 0 Å². The topological polar surface area (TPSA) is 37.3 Å². The third kappa shape index (κ3) is 4.43. The fourth-order valence-electron chi connectivity index (χ4n) is 4.41. The smallest absolute Gasteiger partial charge is 0.183 e. The number of hydrogen-bond donors (Lipinski definition) is 1. The quantitative estimate of drug-likeness (QED) is 0.706. The zero-order valence-electron chi connectivity index (χ0n) is 18.3. The van der Waals surface area contributed by atoms with Gasteiger partial charge in [-0.25, -0.2) is 0 Å². The van der Waals surface area contributed by atoms with Gasteiger partial charge in [0, 0.05) is 47.0 Å². The summed E-state index contributed by atoms with van der Waals surface area (Å²) in [5.41, 5.74) is 5.24. The minimum absolute atomic E-state index is 0.0256. The molecule has 0 spiro atoms. The Bertz CT molecular complexity index is 819. The first kappa shape index (κ1) is 20.5. The highest BCUT2D eigenvalue weighted by atomic mass is 16.1. The average molecular weight is 382 g/mol. The van der Waals surface area contributed by atoms with Gasteiger partial charge in [0.05, 0.1) is 6.54 Å². The molecule has 0 aliphatic carbocycles. The number of aryl methyl sites for hydroxylation is 1. The van der Waals surface area contributed by atoms with Crippen LogP contribution in [0.1, 0.15) is 62.3 Å². The van der Waals surface area contributed by atoms with Gasteiger partial charge in [-0.05, 0) is 83.7 Å². The molecule has 2 aromatic rings. The van der Waals surface area contributed by atoms with E-state index in [1.165, 1.54) is 18.5 Å². The summed E-state index contributed by atoms with van der Waals surface area (Å²) in [5.74, 6) is 0.973. The number of rotatable bonds is 5. The number of ketones is 1. The SMILES string of the molecule is Cc1cc(C(=O)CNc2ccc(N3CCC(C)CC3)cc2)c(C)n1C(C)(C)C. The van der Waals surface area contributed by atoms with Crippen molar-refractivity contribution < 1.29 is 4.79 Å². The van der Waals surface area contributed by atoms with Gasteiger partial charge in [-0.2, -0.15) is 0 Å². The van der Waals surface area contributed by atoms with Crippen molar-refractivity contribution in [2.24, 2.45) is 5.92 Å². The van der Waals surface area contributed by atoms with Gasteiger partial charge in [0.1, 0.15) is 0 Å².